The van der Waals surface area contributed by atoms with Gasteiger partial charge in [0.25, 0.3) is 0 Å². The molecule has 0 aromatic rings. The summed E-state index contributed by atoms with van der Waals surface area (Å²) in [4.78, 5) is 0. The zero-order valence-electron chi connectivity index (χ0n) is 9.42. The molecular formula is C11H22OP2. The van der Waals surface area contributed by atoms with Gasteiger partial charge in [0, 0.05) is 0 Å². The summed E-state index contributed by atoms with van der Waals surface area (Å²) in [5, 5.41) is 0. The minimum absolute atomic E-state index is 0.164. The van der Waals surface area contributed by atoms with Crippen LogP contribution in [0.5, 0.6) is 0 Å². The summed E-state index contributed by atoms with van der Waals surface area (Å²) < 4.78 is 5.37. The standard InChI is InChI=1S/C11H22OP2/c1-9(2)5-4-6-10(3)7-8-12-11(13)14/h5,7,11H,4,6,8,13-14H2,1-3H3/b10-7+. The van der Waals surface area contributed by atoms with Crippen LogP contribution in [0.25, 0.3) is 0 Å². The van der Waals surface area contributed by atoms with Gasteiger partial charge in [0.15, 0.2) is 0 Å². The Hall–Kier alpha value is 0.300. The van der Waals surface area contributed by atoms with Crippen LogP contribution in [0.2, 0.25) is 0 Å². The first-order valence-corrected chi connectivity index (χ1v) is 6.27. The fourth-order valence-corrected chi connectivity index (χ4v) is 1.21. The quantitative estimate of drug-likeness (QED) is 0.501. The normalized spacial score (nSPS) is 12.0. The van der Waals surface area contributed by atoms with Crippen molar-refractivity contribution in [3.63, 3.8) is 0 Å². The minimum Gasteiger partial charge on any atom is -0.366 e. The Labute approximate surface area is 92.8 Å². The third-order valence-corrected chi connectivity index (χ3v) is 2.20. The topological polar surface area (TPSA) is 9.23 Å². The molecule has 82 valence electrons. The van der Waals surface area contributed by atoms with Gasteiger partial charge in [-0.2, -0.15) is 0 Å². The van der Waals surface area contributed by atoms with Crippen LogP contribution in [-0.4, -0.2) is 12.2 Å². The van der Waals surface area contributed by atoms with E-state index >= 15 is 0 Å². The largest absolute Gasteiger partial charge is 0.366 e. The van der Waals surface area contributed by atoms with Crippen LogP contribution in [0.1, 0.15) is 33.6 Å². The molecule has 0 N–H and O–H groups in total. The van der Waals surface area contributed by atoms with Crippen molar-refractivity contribution in [1.29, 1.82) is 0 Å². The average molecular weight is 232 g/mol. The van der Waals surface area contributed by atoms with Crippen molar-refractivity contribution in [3.8, 4) is 0 Å². The number of rotatable bonds is 6. The Morgan fingerprint density at radius 3 is 2.36 bits per heavy atom. The van der Waals surface area contributed by atoms with Gasteiger partial charge in [-0.25, -0.2) is 0 Å². The highest BCUT2D eigenvalue weighted by Crippen LogP contribution is 2.11. The molecule has 0 aromatic heterocycles. The van der Waals surface area contributed by atoms with Gasteiger partial charge in [-0.05, 0) is 33.6 Å². The molecule has 2 unspecified atom stereocenters. The second-order valence-corrected chi connectivity index (χ2v) is 5.75. The molecule has 1 nitrogen and oxygen atoms in total. The fourth-order valence-electron chi connectivity index (χ4n) is 0.992. The summed E-state index contributed by atoms with van der Waals surface area (Å²) in [7, 11) is 5.18. The van der Waals surface area contributed by atoms with Crippen molar-refractivity contribution in [2.45, 2.75) is 39.2 Å². The van der Waals surface area contributed by atoms with Crippen LogP contribution < -0.4 is 0 Å². The number of hydrogen-bond donors (Lipinski definition) is 0. The molecule has 0 fully saturated rings. The second kappa shape index (κ2) is 8.60. The maximum Gasteiger partial charge on any atom is 0.0842 e. The van der Waals surface area contributed by atoms with Crippen molar-refractivity contribution < 1.29 is 4.74 Å². The van der Waals surface area contributed by atoms with Crippen molar-refractivity contribution in [2.24, 2.45) is 0 Å². The molecule has 0 heterocycles. The smallest absolute Gasteiger partial charge is 0.0842 e. The van der Waals surface area contributed by atoms with E-state index in [0.29, 0.717) is 6.61 Å². The Morgan fingerprint density at radius 2 is 1.86 bits per heavy atom. The summed E-state index contributed by atoms with van der Waals surface area (Å²) in [6.07, 6.45) is 6.69. The molecule has 0 radical (unpaired) electrons. The predicted octanol–water partition coefficient (Wildman–Crippen LogP) is 3.73. The van der Waals surface area contributed by atoms with E-state index in [1.807, 2.05) is 0 Å². The second-order valence-electron chi connectivity index (χ2n) is 3.67. The van der Waals surface area contributed by atoms with Crippen LogP contribution in [0.15, 0.2) is 23.3 Å². The van der Waals surface area contributed by atoms with Crippen molar-refractivity contribution in [1.82, 2.24) is 0 Å². The Kier molecular flexibility index (Phi) is 8.78. The highest BCUT2D eigenvalue weighted by Gasteiger charge is 1.91. The van der Waals surface area contributed by atoms with Gasteiger partial charge in [-0.15, -0.1) is 18.5 Å². The Bertz CT molecular complexity index is 203. The van der Waals surface area contributed by atoms with Crippen LogP contribution in [-0.2, 0) is 4.74 Å². The lowest BCUT2D eigenvalue weighted by Gasteiger charge is -2.04. The van der Waals surface area contributed by atoms with Gasteiger partial charge in [-0.3, -0.25) is 0 Å². The fraction of sp³-hybridized carbons (Fsp3) is 0.636. The van der Waals surface area contributed by atoms with Crippen molar-refractivity contribution >= 4 is 18.5 Å². The maximum absolute atomic E-state index is 5.37. The number of allylic oxidation sites excluding steroid dienone is 3. The van der Waals surface area contributed by atoms with Gasteiger partial charge >= 0.3 is 0 Å². The van der Waals surface area contributed by atoms with E-state index in [0.717, 1.165) is 12.8 Å². The van der Waals surface area contributed by atoms with Crippen LogP contribution >= 0.6 is 18.5 Å². The molecule has 0 spiro atoms. The summed E-state index contributed by atoms with van der Waals surface area (Å²) in [5.74, 6) is 0. The van der Waals surface area contributed by atoms with Crippen molar-refractivity contribution in [2.75, 3.05) is 6.61 Å². The molecule has 0 amide bonds. The summed E-state index contributed by atoms with van der Waals surface area (Å²) in [6.45, 7) is 7.13. The van der Waals surface area contributed by atoms with E-state index in [1.54, 1.807) is 0 Å². The lowest BCUT2D eigenvalue weighted by molar-refractivity contribution is 0.193. The molecule has 0 aromatic carbocycles. The lowest BCUT2D eigenvalue weighted by atomic mass is 10.1. The first kappa shape index (κ1) is 14.3. The average Bonchev–Trinajstić information content (AvgIpc) is 2.02. The maximum atomic E-state index is 5.37. The molecule has 0 aliphatic rings. The van der Waals surface area contributed by atoms with Gasteiger partial charge in [0.05, 0.1) is 12.2 Å². The molecule has 0 saturated carbocycles. The summed E-state index contributed by atoms with van der Waals surface area (Å²) in [6, 6.07) is 0. The van der Waals surface area contributed by atoms with Crippen LogP contribution in [0, 0.1) is 0 Å². The molecule has 0 aliphatic carbocycles. The van der Waals surface area contributed by atoms with Gasteiger partial charge in [-0.1, -0.05) is 23.3 Å². The number of ether oxygens (including phenoxy) is 1. The molecule has 2 atom stereocenters. The Balaban J connectivity index is 3.62. The third-order valence-electron chi connectivity index (χ3n) is 1.81. The first-order chi connectivity index (χ1) is 6.52. The van der Waals surface area contributed by atoms with Gasteiger partial charge in [0.2, 0.25) is 0 Å². The SMILES string of the molecule is CC(C)=CCC/C(C)=C/COC(P)P. The molecule has 0 saturated heterocycles. The summed E-state index contributed by atoms with van der Waals surface area (Å²) >= 11 is 0. The van der Waals surface area contributed by atoms with Crippen LogP contribution in [0.3, 0.4) is 0 Å². The molecule has 14 heavy (non-hydrogen) atoms. The van der Waals surface area contributed by atoms with E-state index < -0.39 is 0 Å². The lowest BCUT2D eigenvalue weighted by Crippen LogP contribution is -1.95. The molecule has 0 rings (SSSR count). The predicted molar refractivity (Wildman–Crippen MR) is 71.6 cm³/mol. The first-order valence-electron chi connectivity index (χ1n) is 4.94. The molecule has 0 aliphatic heterocycles. The highest BCUT2D eigenvalue weighted by atomic mass is 31.1. The molecule has 3 heteroatoms. The van der Waals surface area contributed by atoms with Gasteiger partial charge in [0.1, 0.15) is 0 Å². The molecular weight excluding hydrogens is 210 g/mol. The van der Waals surface area contributed by atoms with Crippen LogP contribution in [0.4, 0.5) is 0 Å². The minimum atomic E-state index is 0.164. The summed E-state index contributed by atoms with van der Waals surface area (Å²) in [5.41, 5.74) is 2.96. The van der Waals surface area contributed by atoms with Gasteiger partial charge < -0.3 is 4.74 Å². The van der Waals surface area contributed by atoms with E-state index in [-0.39, 0.29) is 5.59 Å². The molecule has 0 bridgehead atoms. The van der Waals surface area contributed by atoms with E-state index in [2.05, 4.69) is 51.4 Å². The third kappa shape index (κ3) is 10.4. The monoisotopic (exact) mass is 232 g/mol. The Morgan fingerprint density at radius 1 is 1.21 bits per heavy atom. The zero-order chi connectivity index (χ0) is 11.0. The van der Waals surface area contributed by atoms with E-state index in [9.17, 15) is 0 Å². The number of hydrogen-bond acceptors (Lipinski definition) is 1. The highest BCUT2D eigenvalue weighted by molar-refractivity contribution is 7.37. The van der Waals surface area contributed by atoms with E-state index in [4.69, 9.17) is 4.74 Å². The van der Waals surface area contributed by atoms with E-state index in [1.165, 1.54) is 11.1 Å². The van der Waals surface area contributed by atoms with Crippen molar-refractivity contribution in [3.05, 3.63) is 23.3 Å². The zero-order valence-corrected chi connectivity index (χ0v) is 11.7.